The van der Waals surface area contributed by atoms with Crippen LogP contribution in [0.4, 0.5) is 5.69 Å². The van der Waals surface area contributed by atoms with Crippen LogP contribution >= 0.6 is 0 Å². The number of ketones is 3. The maximum atomic E-state index is 11.0. The first-order valence-electron chi connectivity index (χ1n) is 30.4. The van der Waals surface area contributed by atoms with E-state index in [4.69, 9.17) is 54.3 Å². The van der Waals surface area contributed by atoms with Gasteiger partial charge in [-0.3, -0.25) is 18.2 Å². The SMILES string of the molecule is C1=C(c2ccccc2)O[Si-][O+]=C1c1ccccc1.CC(C)(C)C1=CC(c2ccc(C(C)(C)C)cc2)=[O+][Si-]O1.COc1ccc(C2=[O+][Si-]OC(c3ccc(C(C)(C)C)cc3)=C2)cc1.Nc1cc(S(=O)(=O)O)cc2cc(S(=O)(=O)O)ccc12.O=S(=O)(O)c1cc(O)c2c(O)cc(S(=O)(=O)O)cc2c1. The molecule has 12 rings (SSSR count). The summed E-state index contributed by atoms with van der Waals surface area (Å²) >= 11 is 0. The van der Waals surface area contributed by atoms with E-state index in [-0.39, 0.29) is 68.1 Å². The highest BCUT2D eigenvalue weighted by molar-refractivity contribution is 7.86. The first-order chi connectivity index (χ1) is 47.2. The second-order valence-electron chi connectivity index (χ2n) is 25.6. The third kappa shape index (κ3) is 21.1. The average molecular weight is 1500 g/mol. The van der Waals surface area contributed by atoms with E-state index in [9.17, 15) is 43.9 Å². The summed E-state index contributed by atoms with van der Waals surface area (Å²) in [7, 11) is -16.5. The molecule has 3 aliphatic heterocycles. The fourth-order valence-corrected chi connectivity index (χ4v) is 13.6. The maximum Gasteiger partial charge on any atom is 0.424 e. The third-order valence-electron chi connectivity index (χ3n) is 15.1. The first-order valence-corrected chi connectivity index (χ1v) is 38.6. The molecule has 0 aliphatic carbocycles. The van der Waals surface area contributed by atoms with E-state index in [1.54, 1.807) is 7.11 Å². The molecular weight excluding hydrogens is 1430 g/mol. The third-order valence-corrected chi connectivity index (χ3v) is 20.2. The van der Waals surface area contributed by atoms with Crippen molar-refractivity contribution in [2.45, 2.75) is 92.7 Å². The van der Waals surface area contributed by atoms with Gasteiger partial charge in [-0.1, -0.05) is 153 Å². The number of rotatable bonds is 10. The van der Waals surface area contributed by atoms with Crippen molar-refractivity contribution in [3.63, 3.8) is 0 Å². The molecule has 0 amide bonds. The summed E-state index contributed by atoms with van der Waals surface area (Å²) < 4.78 is 163. The van der Waals surface area contributed by atoms with Crippen LogP contribution in [0.3, 0.4) is 0 Å². The van der Waals surface area contributed by atoms with Crippen molar-refractivity contribution in [2.24, 2.45) is 5.41 Å². The van der Waals surface area contributed by atoms with Gasteiger partial charge in [-0.05, 0) is 118 Å². The van der Waals surface area contributed by atoms with Gasteiger partial charge in [-0.15, -0.1) is 0 Å². The molecule has 9 aromatic rings. The van der Waals surface area contributed by atoms with Crippen molar-refractivity contribution in [3.8, 4) is 17.2 Å². The number of ether oxygens (including phenoxy) is 1. The van der Waals surface area contributed by atoms with E-state index >= 15 is 0 Å². The van der Waals surface area contributed by atoms with Crippen LogP contribution in [0.5, 0.6) is 17.2 Å². The molecule has 0 atom stereocenters. The van der Waals surface area contributed by atoms with Crippen LogP contribution in [0, 0.1) is 5.41 Å². The van der Waals surface area contributed by atoms with Gasteiger partial charge in [-0.2, -0.15) is 33.7 Å². The number of nitrogen functional groups attached to an aromatic ring is 1. The number of allylic oxidation sites excluding steroid dienone is 4. The number of nitrogens with two attached hydrogens (primary N) is 1. The zero-order valence-electron chi connectivity index (χ0n) is 56.1. The monoisotopic (exact) mass is 1500 g/mol. The first kappa shape index (κ1) is 77.4. The van der Waals surface area contributed by atoms with E-state index in [1.165, 1.54) is 17.2 Å². The number of anilines is 1. The summed E-state index contributed by atoms with van der Waals surface area (Å²) in [5, 5.41) is 19.4. The van der Waals surface area contributed by atoms with Crippen molar-refractivity contribution in [3.05, 3.63) is 251 Å². The number of methoxy groups -OCH3 is 1. The highest BCUT2D eigenvalue weighted by atomic mass is 32.2. The van der Waals surface area contributed by atoms with E-state index in [2.05, 4.69) is 111 Å². The number of phenolic OH excluding ortho intramolecular Hbond substituents is 2. The number of carbonyl (C=O) groups excluding carboxylic acids is 3. The summed E-state index contributed by atoms with van der Waals surface area (Å²) in [5.41, 5.74) is 14.0. The summed E-state index contributed by atoms with van der Waals surface area (Å²) in [6.45, 7) is 19.7. The predicted molar refractivity (Wildman–Crippen MR) is 388 cm³/mol. The zero-order valence-corrected chi connectivity index (χ0v) is 62.4. The maximum absolute atomic E-state index is 11.0. The van der Waals surface area contributed by atoms with Gasteiger partial charge in [0.25, 0.3) is 57.8 Å². The number of aromatic hydroxyl groups is 2. The Hall–Kier alpha value is -9.38. The van der Waals surface area contributed by atoms with Crippen molar-refractivity contribution < 1.29 is 92.5 Å². The van der Waals surface area contributed by atoms with E-state index < -0.39 is 71.6 Å². The van der Waals surface area contributed by atoms with Gasteiger partial charge in [0, 0.05) is 39.7 Å². The minimum atomic E-state index is -4.63. The minimum Gasteiger partial charge on any atom is -0.632 e. The van der Waals surface area contributed by atoms with Crippen LogP contribution in [-0.2, 0) is 64.6 Å². The van der Waals surface area contributed by atoms with Crippen LogP contribution in [-0.4, -0.2) is 117 Å². The number of hydrogen-bond acceptors (Lipinski definition) is 15. The Morgan fingerprint density at radius 2 is 0.752 bits per heavy atom. The lowest BCUT2D eigenvalue weighted by Gasteiger charge is -2.27. The van der Waals surface area contributed by atoms with Crippen molar-refractivity contribution in [1.82, 2.24) is 0 Å². The molecule has 8 N–H and O–H groups in total. The molecule has 3 heterocycles. The molecule has 101 heavy (non-hydrogen) atoms. The van der Waals surface area contributed by atoms with Crippen LogP contribution in [0.2, 0.25) is 0 Å². The van der Waals surface area contributed by atoms with Crippen LogP contribution in [0.25, 0.3) is 33.1 Å². The van der Waals surface area contributed by atoms with Gasteiger partial charge in [0.2, 0.25) is 0 Å². The lowest BCUT2D eigenvalue weighted by molar-refractivity contribution is -0.109. The Balaban J connectivity index is 0.000000161. The minimum absolute atomic E-state index is 0.00732. The van der Waals surface area contributed by atoms with Crippen molar-refractivity contribution >= 4 is 127 Å². The van der Waals surface area contributed by atoms with Gasteiger partial charge in [-0.25, -0.2) is 0 Å². The molecule has 0 spiro atoms. The molecule has 0 saturated carbocycles. The van der Waals surface area contributed by atoms with E-state index in [0.717, 1.165) is 105 Å². The Labute approximate surface area is 594 Å². The van der Waals surface area contributed by atoms with Gasteiger partial charge >= 0.3 is 30.0 Å². The molecule has 9 aromatic carbocycles. The molecular formula is C72H72NO21S4Si3. The average Bonchev–Trinajstić information content (AvgIpc) is 0.779. The van der Waals surface area contributed by atoms with Gasteiger partial charge in [0.1, 0.15) is 17.2 Å². The molecule has 0 bridgehead atoms. The van der Waals surface area contributed by atoms with E-state index in [1.807, 2.05) is 103 Å². The fraction of sp³-hybridized carbons (Fsp3) is 0.181. The standard InChI is InChI=1S/C20H21O3Si.C17H23O2Si.C15H11O2Si.C10H9NO6S2.C10H8O8S2/c1-20(2,3)16-9-5-14(6-10-16)18-13-19(23-24-22-18)15-7-11-17(21-4)12-8-15;1-16(2,3)13-9-7-12(8-10-13)14-11-15(17(4,5)6)19-20-18-14;1-3-7-12(8-4-1)14-11-15(17-18-16-14)13-9-5-2-6-10-13;11-10-5-8(19(15,16)17)4-6-3-7(18(12,13)14)1-2-9(6)10;11-8-3-6(19(13,14)15)1-5-2-7(20(16,17)18)4-9(12)10(5)8/h5-13H,1-4H3;7-11H,1-6H3;1-11H;1-5H,11H2,(H,12,13,14)(H,15,16,17);1-4,11-12H,(H,13,14,15)(H,16,17,18). The molecule has 29 heteroatoms. The highest BCUT2D eigenvalue weighted by Gasteiger charge is 2.26. The van der Waals surface area contributed by atoms with Crippen molar-refractivity contribution in [1.29, 1.82) is 0 Å². The number of phenols is 2. The Kier molecular flexibility index (Phi) is 24.3. The van der Waals surface area contributed by atoms with Crippen LogP contribution < -0.4 is 10.5 Å². The number of fused-ring (bicyclic) bond motifs is 2. The predicted octanol–water partition coefficient (Wildman–Crippen LogP) is 13.2. The highest BCUT2D eigenvalue weighted by Crippen LogP contribution is 2.38. The Morgan fingerprint density at radius 1 is 0.396 bits per heavy atom. The number of hydrogen-bond donors (Lipinski definition) is 7. The van der Waals surface area contributed by atoms with Gasteiger partial charge in [0.15, 0.2) is 0 Å². The summed E-state index contributed by atoms with van der Waals surface area (Å²) in [6, 6.07) is 53.8. The van der Waals surface area contributed by atoms with Crippen LogP contribution in [0.1, 0.15) is 114 Å². The smallest absolute Gasteiger partial charge is 0.424 e. The largest absolute Gasteiger partial charge is 0.632 e. The fourth-order valence-electron chi connectivity index (χ4n) is 9.55. The molecule has 3 aliphatic rings. The second-order valence-corrected chi connectivity index (χ2v) is 33.0. The van der Waals surface area contributed by atoms with Crippen LogP contribution in [0.15, 0.2) is 232 Å². The number of benzene rings is 9. The van der Waals surface area contributed by atoms with Gasteiger partial charge in [0.05, 0.1) is 84.3 Å². The molecule has 0 fully saturated rings. The lowest BCUT2D eigenvalue weighted by atomic mass is 9.86. The lowest BCUT2D eigenvalue weighted by Crippen LogP contribution is -2.20. The summed E-state index contributed by atoms with van der Waals surface area (Å²) in [5.74, 6) is 4.75. The second kappa shape index (κ2) is 31.7. The van der Waals surface area contributed by atoms with Crippen molar-refractivity contribution in [2.75, 3.05) is 12.8 Å². The molecule has 3 radical (unpaired) electrons. The molecule has 527 valence electrons. The summed E-state index contributed by atoms with van der Waals surface area (Å²) in [6.07, 6.45) is 5.91. The molecule has 0 aromatic heterocycles. The molecule has 0 saturated heterocycles. The summed E-state index contributed by atoms with van der Waals surface area (Å²) in [4.78, 5) is -2.22. The molecule has 0 unspecified atom stereocenters. The van der Waals surface area contributed by atoms with E-state index in [0.29, 0.717) is 17.5 Å². The quantitative estimate of drug-likeness (QED) is 0.0289. The Bertz CT molecular complexity index is 5130. The zero-order chi connectivity index (χ0) is 74.0. The Morgan fingerprint density at radius 3 is 1.17 bits per heavy atom. The topological polar surface area (TPSA) is 355 Å². The van der Waals surface area contributed by atoms with Gasteiger partial charge < -0.3 is 46.3 Å². The normalized spacial score (nSPS) is 13.9. The molecule has 22 nitrogen and oxygen atoms in total.